The van der Waals surface area contributed by atoms with Crippen LogP contribution in [0.1, 0.15) is 11.1 Å². The first-order valence-corrected chi connectivity index (χ1v) is 7.46. The first-order valence-electron chi connectivity index (χ1n) is 6.64. The normalized spacial score (nSPS) is 9.82. The van der Waals surface area contributed by atoms with Gasteiger partial charge in [-0.2, -0.15) is 0 Å². The fraction of sp³-hybridized carbons (Fsp3) is 0.111. The van der Waals surface area contributed by atoms with Crippen molar-refractivity contribution < 1.29 is 26.7 Å². The van der Waals surface area contributed by atoms with Crippen molar-refractivity contribution in [1.82, 2.24) is 0 Å². The van der Waals surface area contributed by atoms with E-state index < -0.39 is 0 Å². The summed E-state index contributed by atoms with van der Waals surface area (Å²) in [6.07, 6.45) is 4.73. The van der Waals surface area contributed by atoms with Gasteiger partial charge < -0.3 is 10.2 Å². The summed E-state index contributed by atoms with van der Waals surface area (Å²) in [5, 5.41) is 24.2. The minimum Gasteiger partial charge on any atom is -0.872 e. The predicted molar refractivity (Wildman–Crippen MR) is 83.7 cm³/mol. The van der Waals surface area contributed by atoms with Gasteiger partial charge in [-0.25, -0.2) is 0 Å². The van der Waals surface area contributed by atoms with Crippen LogP contribution in [0, 0.1) is 0 Å². The molecule has 0 heterocycles. The SMILES string of the molecule is C=CCc1cccc([O-])c1Sc1c([O-])cccc1CC=C.[Ni+2]. The smallest absolute Gasteiger partial charge is 0.872 e. The molecule has 0 aliphatic carbocycles. The second kappa shape index (κ2) is 8.72. The average Bonchev–Trinajstić information content (AvgIpc) is 2.46. The molecule has 2 rings (SSSR count). The maximum atomic E-state index is 12.1. The maximum Gasteiger partial charge on any atom is 2.00 e. The van der Waals surface area contributed by atoms with Crippen molar-refractivity contribution in [2.24, 2.45) is 0 Å². The Labute approximate surface area is 145 Å². The molecule has 4 heteroatoms. The zero-order chi connectivity index (χ0) is 15.2. The van der Waals surface area contributed by atoms with Crippen LogP contribution in [0.4, 0.5) is 0 Å². The van der Waals surface area contributed by atoms with Gasteiger partial charge in [0.25, 0.3) is 0 Å². The summed E-state index contributed by atoms with van der Waals surface area (Å²) in [4.78, 5) is 1.21. The van der Waals surface area contributed by atoms with E-state index in [2.05, 4.69) is 13.2 Å². The quantitative estimate of drug-likeness (QED) is 0.589. The molecule has 0 bridgehead atoms. The van der Waals surface area contributed by atoms with Gasteiger partial charge in [-0.15, -0.1) is 13.2 Å². The molecule has 0 fully saturated rings. The van der Waals surface area contributed by atoms with Gasteiger partial charge in [-0.1, -0.05) is 71.8 Å². The van der Waals surface area contributed by atoms with Crippen LogP contribution < -0.4 is 10.2 Å². The molecule has 0 saturated carbocycles. The maximum absolute atomic E-state index is 12.1. The van der Waals surface area contributed by atoms with Crippen molar-refractivity contribution in [1.29, 1.82) is 0 Å². The molecular weight excluding hydrogens is 339 g/mol. The molecule has 0 saturated heterocycles. The Morgan fingerprint density at radius 2 is 1.23 bits per heavy atom. The molecule has 0 spiro atoms. The van der Waals surface area contributed by atoms with E-state index in [1.807, 2.05) is 12.1 Å². The zero-order valence-electron chi connectivity index (χ0n) is 12.0. The Morgan fingerprint density at radius 1 is 0.818 bits per heavy atom. The van der Waals surface area contributed by atoms with Crippen LogP contribution in [0.15, 0.2) is 71.5 Å². The van der Waals surface area contributed by atoms with Gasteiger partial charge >= 0.3 is 16.5 Å². The monoisotopic (exact) mass is 354 g/mol. The van der Waals surface area contributed by atoms with Crippen molar-refractivity contribution >= 4 is 11.8 Å². The molecule has 2 aromatic rings. The number of hydrogen-bond donors (Lipinski definition) is 0. The van der Waals surface area contributed by atoms with Crippen molar-refractivity contribution in [2.45, 2.75) is 22.6 Å². The predicted octanol–water partition coefficient (Wildman–Crippen LogP) is 3.44. The summed E-state index contributed by atoms with van der Waals surface area (Å²) >= 11 is 1.25. The Morgan fingerprint density at radius 3 is 1.59 bits per heavy atom. The molecule has 22 heavy (non-hydrogen) atoms. The molecule has 0 atom stereocenters. The van der Waals surface area contributed by atoms with Crippen LogP contribution in [0.2, 0.25) is 0 Å². The molecule has 2 nitrogen and oxygen atoms in total. The Bertz CT molecular complexity index is 611. The molecule has 0 amide bonds. The third-order valence-corrected chi connectivity index (χ3v) is 4.39. The zero-order valence-corrected chi connectivity index (χ0v) is 13.8. The average molecular weight is 355 g/mol. The molecule has 2 aromatic carbocycles. The van der Waals surface area contributed by atoms with Crippen molar-refractivity contribution in [3.05, 3.63) is 72.8 Å². The molecule has 0 unspecified atom stereocenters. The molecule has 0 aliphatic rings. The molecule has 116 valence electrons. The third kappa shape index (κ3) is 4.19. The van der Waals surface area contributed by atoms with Crippen LogP contribution >= 0.6 is 11.8 Å². The summed E-state index contributed by atoms with van der Waals surface area (Å²) in [7, 11) is 0. The van der Waals surface area contributed by atoms with E-state index in [1.54, 1.807) is 24.3 Å². The Balaban J connectivity index is 0.00000242. The van der Waals surface area contributed by atoms with Gasteiger partial charge in [0, 0.05) is 9.79 Å². The third-order valence-electron chi connectivity index (χ3n) is 3.05. The second-order valence-corrected chi connectivity index (χ2v) is 5.60. The molecule has 0 aliphatic heterocycles. The second-order valence-electron chi connectivity index (χ2n) is 4.58. The van der Waals surface area contributed by atoms with E-state index in [4.69, 9.17) is 0 Å². The molecular formula is C18H16NiO2S. The van der Waals surface area contributed by atoms with Crippen molar-refractivity contribution in [3.63, 3.8) is 0 Å². The van der Waals surface area contributed by atoms with Crippen LogP contribution in [0.5, 0.6) is 11.5 Å². The number of hydrogen-bond acceptors (Lipinski definition) is 3. The van der Waals surface area contributed by atoms with E-state index in [0.717, 1.165) is 11.1 Å². The van der Waals surface area contributed by atoms with Gasteiger partial charge in [0.15, 0.2) is 0 Å². The minimum absolute atomic E-state index is 0. The number of benzene rings is 2. The number of allylic oxidation sites excluding steroid dienone is 2. The summed E-state index contributed by atoms with van der Waals surface area (Å²) < 4.78 is 0. The molecule has 0 aromatic heterocycles. The van der Waals surface area contributed by atoms with E-state index in [9.17, 15) is 10.2 Å². The van der Waals surface area contributed by atoms with E-state index in [-0.39, 0.29) is 28.0 Å². The first-order chi connectivity index (χ1) is 10.2. The Kier molecular flexibility index (Phi) is 7.30. The van der Waals surface area contributed by atoms with E-state index >= 15 is 0 Å². The van der Waals surface area contributed by atoms with Crippen molar-refractivity contribution in [2.75, 3.05) is 0 Å². The van der Waals surface area contributed by atoms with Gasteiger partial charge in [0.1, 0.15) is 0 Å². The molecule has 0 N–H and O–H groups in total. The van der Waals surface area contributed by atoms with Crippen LogP contribution in [0.25, 0.3) is 0 Å². The Hall–Kier alpha value is -1.64. The summed E-state index contributed by atoms with van der Waals surface area (Å²) in [6, 6.07) is 10.3. The summed E-state index contributed by atoms with van der Waals surface area (Å²) in [5.74, 6) is -0.126. The van der Waals surface area contributed by atoms with Gasteiger partial charge in [0.2, 0.25) is 0 Å². The standard InChI is InChI=1S/C18H18O2S.Ni/c1-3-7-13-9-5-11-15(19)17(13)21-18-14(8-4-2)10-6-12-16(18)20;/h3-6,9-12,19-20H,1-2,7-8H2;/q;+2/p-2. The number of rotatable bonds is 6. The van der Waals surface area contributed by atoms with Gasteiger partial charge in [-0.3, -0.25) is 0 Å². The van der Waals surface area contributed by atoms with E-state index in [0.29, 0.717) is 22.6 Å². The topological polar surface area (TPSA) is 46.1 Å². The summed E-state index contributed by atoms with van der Waals surface area (Å²) in [5.41, 5.74) is 1.80. The minimum atomic E-state index is -0.0628. The van der Waals surface area contributed by atoms with E-state index in [1.165, 1.54) is 23.9 Å². The fourth-order valence-electron chi connectivity index (χ4n) is 2.09. The van der Waals surface area contributed by atoms with Crippen molar-refractivity contribution in [3.8, 4) is 11.5 Å². The summed E-state index contributed by atoms with van der Waals surface area (Å²) in [6.45, 7) is 7.42. The fourth-order valence-corrected chi connectivity index (χ4v) is 3.20. The van der Waals surface area contributed by atoms with Crippen LogP contribution in [-0.2, 0) is 29.3 Å². The first kappa shape index (κ1) is 18.4. The van der Waals surface area contributed by atoms with Crippen LogP contribution in [0.3, 0.4) is 0 Å². The van der Waals surface area contributed by atoms with Crippen LogP contribution in [-0.4, -0.2) is 0 Å². The van der Waals surface area contributed by atoms with Gasteiger partial charge in [-0.05, 0) is 24.0 Å². The molecule has 0 radical (unpaired) electrons. The van der Waals surface area contributed by atoms with Gasteiger partial charge in [0.05, 0.1) is 0 Å². The largest absolute Gasteiger partial charge is 2.00 e.